The predicted octanol–water partition coefficient (Wildman–Crippen LogP) is 6.54. The first kappa shape index (κ1) is 14.1. The Kier molecular flexibility index (Phi) is 3.13. The van der Waals surface area contributed by atoms with Gasteiger partial charge in [-0.2, -0.15) is 0 Å². The van der Waals surface area contributed by atoms with E-state index in [0.29, 0.717) is 0 Å². The lowest BCUT2D eigenvalue weighted by molar-refractivity contribution is 1.17. The number of para-hydroxylation sites is 2. The number of halogens is 1. The first-order valence-electron chi connectivity index (χ1n) is 8.00. The molecule has 0 saturated heterocycles. The SMILES string of the molecule is Ic1ccccc1-n1c2ccccc2c2c3ccccc3ccc21. The molecular weight excluding hydrogens is 405 g/mol. The molecule has 0 unspecified atom stereocenters. The van der Waals surface area contributed by atoms with E-state index < -0.39 is 0 Å². The van der Waals surface area contributed by atoms with Crippen molar-refractivity contribution in [2.45, 2.75) is 0 Å². The lowest BCUT2D eigenvalue weighted by Crippen LogP contribution is -1.96. The Hall–Kier alpha value is -2.33. The number of hydrogen-bond donors (Lipinski definition) is 0. The number of benzene rings is 4. The first-order chi connectivity index (χ1) is 11.8. The highest BCUT2D eigenvalue weighted by atomic mass is 127. The van der Waals surface area contributed by atoms with Gasteiger partial charge in [-0.3, -0.25) is 0 Å². The average Bonchev–Trinajstić information content (AvgIpc) is 2.97. The number of aromatic nitrogens is 1. The van der Waals surface area contributed by atoms with Gasteiger partial charge in [-0.05, 0) is 57.6 Å². The molecule has 2 heteroatoms. The minimum Gasteiger partial charge on any atom is -0.308 e. The normalized spacial score (nSPS) is 11.5. The molecule has 0 amide bonds. The third-order valence-corrected chi connectivity index (χ3v) is 5.57. The van der Waals surface area contributed by atoms with Crippen LogP contribution in [0.5, 0.6) is 0 Å². The van der Waals surface area contributed by atoms with E-state index in [2.05, 4.69) is 112 Å². The van der Waals surface area contributed by atoms with Crippen LogP contribution in [0.25, 0.3) is 38.3 Å². The maximum Gasteiger partial charge on any atom is 0.0595 e. The second-order valence-electron chi connectivity index (χ2n) is 5.98. The second-order valence-corrected chi connectivity index (χ2v) is 7.15. The highest BCUT2D eigenvalue weighted by Gasteiger charge is 2.15. The maximum absolute atomic E-state index is 2.42. The van der Waals surface area contributed by atoms with E-state index in [1.54, 1.807) is 0 Å². The fourth-order valence-corrected chi connectivity index (χ4v) is 4.26. The summed E-state index contributed by atoms with van der Waals surface area (Å²) in [6, 6.07) is 30.4. The van der Waals surface area contributed by atoms with Crippen molar-refractivity contribution in [1.29, 1.82) is 0 Å². The summed E-state index contributed by atoms with van der Waals surface area (Å²) in [5.41, 5.74) is 3.76. The quantitative estimate of drug-likeness (QED) is 0.272. The molecule has 0 bridgehead atoms. The fourth-order valence-electron chi connectivity index (χ4n) is 3.63. The largest absolute Gasteiger partial charge is 0.308 e. The van der Waals surface area contributed by atoms with Gasteiger partial charge in [0.25, 0.3) is 0 Å². The molecule has 0 fully saturated rings. The lowest BCUT2D eigenvalue weighted by Gasteiger charge is -2.10. The molecule has 0 atom stereocenters. The van der Waals surface area contributed by atoms with Crippen molar-refractivity contribution in [3.8, 4) is 5.69 Å². The van der Waals surface area contributed by atoms with Crippen molar-refractivity contribution < 1.29 is 0 Å². The summed E-state index contributed by atoms with van der Waals surface area (Å²) >= 11 is 2.42. The summed E-state index contributed by atoms with van der Waals surface area (Å²) in [5, 5.41) is 5.25. The van der Waals surface area contributed by atoms with E-state index in [4.69, 9.17) is 0 Å². The topological polar surface area (TPSA) is 4.93 Å². The van der Waals surface area contributed by atoms with Crippen LogP contribution < -0.4 is 0 Å². The van der Waals surface area contributed by atoms with Crippen LogP contribution >= 0.6 is 22.6 Å². The van der Waals surface area contributed by atoms with E-state index >= 15 is 0 Å². The monoisotopic (exact) mass is 419 g/mol. The van der Waals surface area contributed by atoms with Crippen LogP contribution in [-0.4, -0.2) is 4.57 Å². The summed E-state index contributed by atoms with van der Waals surface area (Å²) in [4.78, 5) is 0. The molecule has 0 aliphatic rings. The van der Waals surface area contributed by atoms with Gasteiger partial charge in [0, 0.05) is 14.3 Å². The van der Waals surface area contributed by atoms with Crippen LogP contribution in [0.4, 0.5) is 0 Å². The van der Waals surface area contributed by atoms with E-state index in [1.165, 1.54) is 41.8 Å². The summed E-state index contributed by atoms with van der Waals surface area (Å²) < 4.78 is 3.64. The molecule has 24 heavy (non-hydrogen) atoms. The van der Waals surface area contributed by atoms with Gasteiger partial charge in [0.05, 0.1) is 16.7 Å². The number of rotatable bonds is 1. The van der Waals surface area contributed by atoms with Crippen LogP contribution in [0, 0.1) is 3.57 Å². The van der Waals surface area contributed by atoms with Crippen molar-refractivity contribution in [3.05, 3.63) is 88.5 Å². The lowest BCUT2D eigenvalue weighted by atomic mass is 10.0. The van der Waals surface area contributed by atoms with E-state index in [9.17, 15) is 0 Å². The van der Waals surface area contributed by atoms with Crippen molar-refractivity contribution in [2.24, 2.45) is 0 Å². The van der Waals surface area contributed by atoms with Gasteiger partial charge in [-0.25, -0.2) is 0 Å². The average molecular weight is 419 g/mol. The molecule has 0 spiro atoms. The molecule has 1 nitrogen and oxygen atoms in total. The van der Waals surface area contributed by atoms with E-state index in [0.717, 1.165) is 0 Å². The van der Waals surface area contributed by atoms with Gasteiger partial charge in [0.1, 0.15) is 0 Å². The molecule has 5 aromatic rings. The highest BCUT2D eigenvalue weighted by Crippen LogP contribution is 2.37. The standard InChI is InChI=1S/C22H14IN/c23-18-10-4-6-12-20(18)24-19-11-5-3-9-17(19)22-16-8-2-1-7-15(16)13-14-21(22)24/h1-14H. The molecule has 114 valence electrons. The number of hydrogen-bond acceptors (Lipinski definition) is 0. The van der Waals surface area contributed by atoms with Gasteiger partial charge in [0.15, 0.2) is 0 Å². The minimum absolute atomic E-state index is 1.24. The van der Waals surface area contributed by atoms with E-state index in [1.807, 2.05) is 0 Å². The summed E-state index contributed by atoms with van der Waals surface area (Å²) in [6.07, 6.45) is 0. The van der Waals surface area contributed by atoms with Crippen LogP contribution in [0.3, 0.4) is 0 Å². The number of fused-ring (bicyclic) bond motifs is 5. The molecule has 4 aromatic carbocycles. The molecule has 1 heterocycles. The van der Waals surface area contributed by atoms with Crippen molar-refractivity contribution in [3.63, 3.8) is 0 Å². The Morgan fingerprint density at radius 1 is 0.583 bits per heavy atom. The Balaban J connectivity index is 2.07. The second kappa shape index (κ2) is 5.35. The zero-order valence-corrected chi connectivity index (χ0v) is 15.1. The van der Waals surface area contributed by atoms with Crippen LogP contribution in [0.1, 0.15) is 0 Å². The van der Waals surface area contributed by atoms with Gasteiger partial charge in [-0.15, -0.1) is 0 Å². The van der Waals surface area contributed by atoms with Crippen molar-refractivity contribution in [2.75, 3.05) is 0 Å². The Morgan fingerprint density at radius 3 is 2.17 bits per heavy atom. The van der Waals surface area contributed by atoms with Gasteiger partial charge in [0.2, 0.25) is 0 Å². The van der Waals surface area contributed by atoms with Crippen LogP contribution in [0.15, 0.2) is 84.9 Å². The Morgan fingerprint density at radius 2 is 1.29 bits per heavy atom. The molecule has 0 aliphatic heterocycles. The summed E-state index contributed by atoms with van der Waals surface area (Å²) in [5.74, 6) is 0. The summed E-state index contributed by atoms with van der Waals surface area (Å²) in [7, 11) is 0. The smallest absolute Gasteiger partial charge is 0.0595 e. The van der Waals surface area contributed by atoms with Crippen molar-refractivity contribution in [1.82, 2.24) is 4.57 Å². The Labute approximate surface area is 153 Å². The van der Waals surface area contributed by atoms with Crippen LogP contribution in [0.2, 0.25) is 0 Å². The highest BCUT2D eigenvalue weighted by molar-refractivity contribution is 14.1. The van der Waals surface area contributed by atoms with Crippen LogP contribution in [-0.2, 0) is 0 Å². The Bertz CT molecular complexity index is 1220. The zero-order chi connectivity index (χ0) is 16.1. The molecule has 0 aliphatic carbocycles. The third-order valence-electron chi connectivity index (χ3n) is 4.66. The first-order valence-corrected chi connectivity index (χ1v) is 9.08. The van der Waals surface area contributed by atoms with E-state index in [-0.39, 0.29) is 0 Å². The number of nitrogens with zero attached hydrogens (tertiary/aromatic N) is 1. The van der Waals surface area contributed by atoms with Gasteiger partial charge >= 0.3 is 0 Å². The molecular formula is C22H14IN. The molecule has 0 saturated carbocycles. The predicted molar refractivity (Wildman–Crippen MR) is 111 cm³/mol. The molecule has 1 aromatic heterocycles. The molecule has 5 rings (SSSR count). The van der Waals surface area contributed by atoms with Crippen molar-refractivity contribution >= 4 is 55.2 Å². The minimum atomic E-state index is 1.24. The zero-order valence-electron chi connectivity index (χ0n) is 12.9. The fraction of sp³-hybridized carbons (Fsp3) is 0. The maximum atomic E-state index is 2.42. The summed E-state index contributed by atoms with van der Waals surface area (Å²) in [6.45, 7) is 0. The third kappa shape index (κ3) is 1.93. The van der Waals surface area contributed by atoms with Gasteiger partial charge < -0.3 is 4.57 Å². The molecule has 0 N–H and O–H groups in total. The van der Waals surface area contributed by atoms with Gasteiger partial charge in [-0.1, -0.05) is 60.7 Å². The molecule has 0 radical (unpaired) electrons.